The van der Waals surface area contributed by atoms with Crippen LogP contribution in [0.25, 0.3) is 0 Å². The number of amides is 1. The van der Waals surface area contributed by atoms with Gasteiger partial charge in [0.1, 0.15) is 11.6 Å². The van der Waals surface area contributed by atoms with E-state index in [9.17, 15) is 9.59 Å². The maximum Gasteiger partial charge on any atom is 0.306 e. The van der Waals surface area contributed by atoms with Crippen LogP contribution in [0.5, 0.6) is 0 Å². The standard InChI is InChI=1S/C11H16ClN3O3S/c1-7(2)10-14-15-11(19-10)13-8(16)3-4-9(17)18-6-5-12/h7H,3-6H2,1-2H3,(H,13,15,16). The van der Waals surface area contributed by atoms with Crippen molar-refractivity contribution in [1.82, 2.24) is 10.2 Å². The summed E-state index contributed by atoms with van der Waals surface area (Å²) in [5.41, 5.74) is 0. The van der Waals surface area contributed by atoms with Crippen molar-refractivity contribution < 1.29 is 14.3 Å². The number of carbonyl (C=O) groups is 2. The van der Waals surface area contributed by atoms with Gasteiger partial charge in [0, 0.05) is 12.3 Å². The SMILES string of the molecule is CC(C)c1nnc(NC(=O)CCC(=O)OCCCl)s1. The number of carbonyl (C=O) groups excluding carboxylic acids is 2. The number of hydrogen-bond donors (Lipinski definition) is 1. The highest BCUT2D eigenvalue weighted by molar-refractivity contribution is 7.15. The molecule has 0 saturated heterocycles. The number of nitrogens with zero attached hydrogens (tertiary/aromatic N) is 2. The summed E-state index contributed by atoms with van der Waals surface area (Å²) in [6.07, 6.45) is 0.0796. The van der Waals surface area contributed by atoms with Gasteiger partial charge in [-0.25, -0.2) is 0 Å². The molecule has 0 atom stereocenters. The Morgan fingerprint density at radius 3 is 2.68 bits per heavy atom. The fraction of sp³-hybridized carbons (Fsp3) is 0.636. The van der Waals surface area contributed by atoms with Crippen LogP contribution in [0, 0.1) is 0 Å². The number of nitrogens with one attached hydrogen (secondary N) is 1. The number of rotatable bonds is 7. The number of alkyl halides is 1. The highest BCUT2D eigenvalue weighted by atomic mass is 35.5. The molecule has 0 aliphatic rings. The minimum absolute atomic E-state index is 0.0264. The average molecular weight is 306 g/mol. The second-order valence-electron chi connectivity index (χ2n) is 4.06. The Labute approximate surface area is 120 Å². The van der Waals surface area contributed by atoms with E-state index in [4.69, 9.17) is 16.3 Å². The average Bonchev–Trinajstić information content (AvgIpc) is 2.82. The molecule has 19 heavy (non-hydrogen) atoms. The molecule has 0 aromatic carbocycles. The summed E-state index contributed by atoms with van der Waals surface area (Å²) in [4.78, 5) is 22.7. The molecule has 0 saturated carbocycles. The van der Waals surface area contributed by atoms with E-state index in [0.717, 1.165) is 5.01 Å². The summed E-state index contributed by atoms with van der Waals surface area (Å²) in [6, 6.07) is 0. The van der Waals surface area contributed by atoms with E-state index < -0.39 is 5.97 Å². The van der Waals surface area contributed by atoms with Crippen LogP contribution in [0.4, 0.5) is 5.13 Å². The lowest BCUT2D eigenvalue weighted by molar-refractivity contribution is -0.144. The second kappa shape index (κ2) is 8.06. The van der Waals surface area contributed by atoms with Gasteiger partial charge in [-0.05, 0) is 0 Å². The van der Waals surface area contributed by atoms with Crippen molar-refractivity contribution in [2.24, 2.45) is 0 Å². The molecule has 0 aliphatic carbocycles. The molecule has 1 heterocycles. The molecule has 0 radical (unpaired) electrons. The lowest BCUT2D eigenvalue weighted by Crippen LogP contribution is -2.15. The molecule has 0 bridgehead atoms. The first-order valence-corrected chi connectivity index (χ1v) is 7.23. The summed E-state index contributed by atoms with van der Waals surface area (Å²) >= 11 is 6.70. The first-order valence-electron chi connectivity index (χ1n) is 5.87. The highest BCUT2D eigenvalue weighted by Crippen LogP contribution is 2.22. The Morgan fingerprint density at radius 1 is 1.37 bits per heavy atom. The lowest BCUT2D eigenvalue weighted by Gasteiger charge is -2.02. The van der Waals surface area contributed by atoms with Gasteiger partial charge in [0.2, 0.25) is 11.0 Å². The van der Waals surface area contributed by atoms with Crippen molar-refractivity contribution in [3.8, 4) is 0 Å². The van der Waals surface area contributed by atoms with Crippen LogP contribution in [0.3, 0.4) is 0 Å². The van der Waals surface area contributed by atoms with Crippen molar-refractivity contribution in [2.75, 3.05) is 17.8 Å². The normalized spacial score (nSPS) is 10.5. The third-order valence-corrected chi connectivity index (χ3v) is 3.37. The second-order valence-corrected chi connectivity index (χ2v) is 5.44. The van der Waals surface area contributed by atoms with Gasteiger partial charge < -0.3 is 10.1 Å². The van der Waals surface area contributed by atoms with Crippen LogP contribution in [-0.2, 0) is 14.3 Å². The van der Waals surface area contributed by atoms with Crippen LogP contribution in [-0.4, -0.2) is 34.6 Å². The van der Waals surface area contributed by atoms with E-state index in [2.05, 4.69) is 15.5 Å². The molecule has 0 fully saturated rings. The molecule has 0 spiro atoms. The summed E-state index contributed by atoms with van der Waals surface area (Å²) in [6.45, 7) is 4.16. The van der Waals surface area contributed by atoms with Crippen LogP contribution >= 0.6 is 22.9 Å². The van der Waals surface area contributed by atoms with E-state index >= 15 is 0 Å². The summed E-state index contributed by atoms with van der Waals surface area (Å²) in [7, 11) is 0. The van der Waals surface area contributed by atoms with Crippen LogP contribution in [0.15, 0.2) is 0 Å². The van der Waals surface area contributed by atoms with Crippen molar-refractivity contribution >= 4 is 39.9 Å². The van der Waals surface area contributed by atoms with Gasteiger partial charge in [-0.2, -0.15) is 0 Å². The molecule has 1 aromatic rings. The quantitative estimate of drug-likeness (QED) is 0.616. The number of anilines is 1. The van der Waals surface area contributed by atoms with E-state index in [0.29, 0.717) is 5.13 Å². The Balaban J connectivity index is 2.32. The van der Waals surface area contributed by atoms with Crippen LogP contribution < -0.4 is 5.32 Å². The van der Waals surface area contributed by atoms with Gasteiger partial charge >= 0.3 is 5.97 Å². The zero-order valence-corrected chi connectivity index (χ0v) is 12.4. The molecule has 6 nitrogen and oxygen atoms in total. The molecule has 106 valence electrons. The van der Waals surface area contributed by atoms with Gasteiger partial charge in [0.05, 0.1) is 12.3 Å². The third kappa shape index (κ3) is 5.98. The predicted octanol–water partition coefficient (Wildman–Crippen LogP) is 2.16. The fourth-order valence-corrected chi connectivity index (χ4v) is 1.98. The molecule has 1 N–H and O–H groups in total. The van der Waals surface area contributed by atoms with E-state index in [1.54, 1.807) is 0 Å². The zero-order chi connectivity index (χ0) is 14.3. The largest absolute Gasteiger partial charge is 0.464 e. The summed E-state index contributed by atoms with van der Waals surface area (Å²) < 4.78 is 4.75. The smallest absolute Gasteiger partial charge is 0.306 e. The Hall–Kier alpha value is -1.21. The number of hydrogen-bond acceptors (Lipinski definition) is 6. The fourth-order valence-electron chi connectivity index (χ4n) is 1.14. The predicted molar refractivity (Wildman–Crippen MR) is 73.5 cm³/mol. The van der Waals surface area contributed by atoms with Gasteiger partial charge in [0.25, 0.3) is 0 Å². The Bertz CT molecular complexity index is 437. The van der Waals surface area contributed by atoms with Gasteiger partial charge in [-0.15, -0.1) is 21.8 Å². The molecule has 1 rings (SSSR count). The topological polar surface area (TPSA) is 81.2 Å². The first-order chi connectivity index (χ1) is 9.02. The van der Waals surface area contributed by atoms with E-state index in [-0.39, 0.29) is 37.2 Å². The van der Waals surface area contributed by atoms with E-state index in [1.807, 2.05) is 13.8 Å². The molecule has 8 heteroatoms. The number of aromatic nitrogens is 2. The Kier molecular flexibility index (Phi) is 6.72. The molecule has 0 unspecified atom stereocenters. The number of halogens is 1. The third-order valence-electron chi connectivity index (χ3n) is 2.08. The van der Waals surface area contributed by atoms with E-state index in [1.165, 1.54) is 11.3 Å². The molecular formula is C11H16ClN3O3S. The van der Waals surface area contributed by atoms with Crippen molar-refractivity contribution in [2.45, 2.75) is 32.6 Å². The maximum atomic E-state index is 11.6. The van der Waals surface area contributed by atoms with Crippen molar-refractivity contribution in [3.63, 3.8) is 0 Å². The first kappa shape index (κ1) is 15.8. The van der Waals surface area contributed by atoms with Crippen LogP contribution in [0.2, 0.25) is 0 Å². The maximum absolute atomic E-state index is 11.6. The lowest BCUT2D eigenvalue weighted by atomic mass is 10.2. The molecule has 0 aliphatic heterocycles. The minimum Gasteiger partial charge on any atom is -0.464 e. The van der Waals surface area contributed by atoms with Crippen LogP contribution in [0.1, 0.15) is 37.6 Å². The molecule has 1 aromatic heterocycles. The number of esters is 1. The molecule has 1 amide bonds. The monoisotopic (exact) mass is 305 g/mol. The minimum atomic E-state index is -0.434. The molecular weight excluding hydrogens is 290 g/mol. The van der Waals surface area contributed by atoms with Crippen molar-refractivity contribution in [3.05, 3.63) is 5.01 Å². The summed E-state index contributed by atoms with van der Waals surface area (Å²) in [5.74, 6) is -0.195. The van der Waals surface area contributed by atoms with Crippen molar-refractivity contribution in [1.29, 1.82) is 0 Å². The highest BCUT2D eigenvalue weighted by Gasteiger charge is 2.12. The van der Waals surface area contributed by atoms with Gasteiger partial charge in [-0.3, -0.25) is 9.59 Å². The zero-order valence-electron chi connectivity index (χ0n) is 10.8. The Morgan fingerprint density at radius 2 is 2.11 bits per heavy atom. The van der Waals surface area contributed by atoms with Gasteiger partial charge in [-0.1, -0.05) is 25.2 Å². The van der Waals surface area contributed by atoms with Gasteiger partial charge in [0.15, 0.2) is 0 Å². The summed E-state index contributed by atoms with van der Waals surface area (Å²) in [5, 5.41) is 11.7. The number of ether oxygens (including phenoxy) is 1.